The number of aliphatic imine (C=N–C) groups is 1. The summed E-state index contributed by atoms with van der Waals surface area (Å²) in [4.78, 5) is 8.29. The molecule has 0 fully saturated rings. The van der Waals surface area contributed by atoms with Gasteiger partial charge in [-0.2, -0.15) is 0 Å². The average Bonchev–Trinajstić information content (AvgIpc) is 3.08. The number of pyridine rings is 1. The molecule has 0 saturated heterocycles. The molecule has 3 rings (SSSR count). The quantitative estimate of drug-likeness (QED) is 0.355. The average molecular weight is 379 g/mol. The SMILES string of the molecule is C=Cc1cc(SCC)c2c(C=C)c[nH]cc1-2.C=Nc1ccccc1C.CC. The van der Waals surface area contributed by atoms with E-state index in [0.717, 1.165) is 17.0 Å². The van der Waals surface area contributed by atoms with Crippen LogP contribution in [0.2, 0.25) is 0 Å². The van der Waals surface area contributed by atoms with Crippen molar-refractivity contribution in [3.8, 4) is 11.1 Å². The molecule has 1 aliphatic heterocycles. The molecular weight excluding hydrogens is 348 g/mol. The van der Waals surface area contributed by atoms with Crippen molar-refractivity contribution in [2.24, 2.45) is 4.99 Å². The summed E-state index contributed by atoms with van der Waals surface area (Å²) in [6.07, 6.45) is 7.81. The molecule has 1 aliphatic carbocycles. The maximum Gasteiger partial charge on any atom is 0.0651 e. The summed E-state index contributed by atoms with van der Waals surface area (Å²) in [7, 11) is 0. The lowest BCUT2D eigenvalue weighted by atomic mass is 10.0. The molecule has 27 heavy (non-hydrogen) atoms. The molecule has 142 valence electrons. The predicted molar refractivity (Wildman–Crippen MR) is 126 cm³/mol. The fourth-order valence-corrected chi connectivity index (χ4v) is 3.54. The Bertz CT molecular complexity index is 845. The number of benzene rings is 1. The molecule has 0 unspecified atom stereocenters. The highest BCUT2D eigenvalue weighted by Gasteiger charge is 2.16. The first-order valence-electron chi connectivity index (χ1n) is 9.19. The number of rotatable bonds is 5. The Balaban J connectivity index is 0.000000282. The summed E-state index contributed by atoms with van der Waals surface area (Å²) >= 11 is 1.86. The van der Waals surface area contributed by atoms with E-state index >= 15 is 0 Å². The van der Waals surface area contributed by atoms with E-state index in [4.69, 9.17) is 0 Å². The summed E-state index contributed by atoms with van der Waals surface area (Å²) in [6, 6.07) is 10.1. The van der Waals surface area contributed by atoms with Crippen LogP contribution < -0.4 is 0 Å². The van der Waals surface area contributed by atoms with E-state index in [9.17, 15) is 0 Å². The third-order valence-electron chi connectivity index (χ3n) is 3.89. The Morgan fingerprint density at radius 1 is 1.07 bits per heavy atom. The molecule has 0 radical (unpaired) electrons. The van der Waals surface area contributed by atoms with Crippen LogP contribution in [0.1, 0.15) is 37.5 Å². The summed E-state index contributed by atoms with van der Waals surface area (Å²) in [5.74, 6) is 1.07. The number of hydrogen-bond donors (Lipinski definition) is 1. The number of fused-ring (bicyclic) bond motifs is 1. The van der Waals surface area contributed by atoms with Gasteiger partial charge < -0.3 is 4.98 Å². The van der Waals surface area contributed by atoms with Crippen molar-refractivity contribution >= 4 is 36.3 Å². The van der Waals surface area contributed by atoms with Crippen molar-refractivity contribution < 1.29 is 0 Å². The van der Waals surface area contributed by atoms with Gasteiger partial charge in [-0.3, -0.25) is 4.99 Å². The molecule has 0 saturated carbocycles. The lowest BCUT2D eigenvalue weighted by Gasteiger charge is -2.07. The molecule has 0 bridgehead atoms. The van der Waals surface area contributed by atoms with Crippen molar-refractivity contribution in [2.45, 2.75) is 32.6 Å². The number of nitrogens with zero attached hydrogens (tertiary/aromatic N) is 1. The smallest absolute Gasteiger partial charge is 0.0651 e. The van der Waals surface area contributed by atoms with Gasteiger partial charge in [0.05, 0.1) is 5.69 Å². The first-order chi connectivity index (χ1) is 13.2. The van der Waals surface area contributed by atoms with Gasteiger partial charge in [-0.05, 0) is 48.2 Å². The number of para-hydroxylation sites is 1. The van der Waals surface area contributed by atoms with Gasteiger partial charge in [0.15, 0.2) is 0 Å². The number of hydrogen-bond acceptors (Lipinski definition) is 2. The molecule has 0 aromatic heterocycles. The van der Waals surface area contributed by atoms with Crippen LogP contribution in [0.25, 0.3) is 23.3 Å². The van der Waals surface area contributed by atoms with Crippen LogP contribution in [0.3, 0.4) is 0 Å². The molecule has 2 nitrogen and oxygen atoms in total. The highest BCUT2D eigenvalue weighted by Crippen LogP contribution is 2.41. The highest BCUT2D eigenvalue weighted by atomic mass is 32.2. The number of aryl methyl sites for hydroxylation is 1. The summed E-state index contributed by atoms with van der Waals surface area (Å²) < 4.78 is 0. The summed E-state index contributed by atoms with van der Waals surface area (Å²) in [5.41, 5.74) is 7.00. The van der Waals surface area contributed by atoms with Crippen LogP contribution in [0.5, 0.6) is 0 Å². The number of H-pyrrole nitrogens is 1. The Kier molecular flexibility index (Phi) is 9.99. The summed E-state index contributed by atoms with van der Waals surface area (Å²) in [5, 5.41) is 0. The lowest BCUT2D eigenvalue weighted by molar-refractivity contribution is 1.31. The zero-order valence-electron chi connectivity index (χ0n) is 16.9. The standard InChI is InChI=1S/C14H15NS.C8H9N.C2H6/c1-4-10-7-13(16-6-3)14-11(5-2)8-15-9-12(10)14;1-7-5-3-4-6-8(7)9-2;1-2/h4-5,7-9,15H,1-2,6H2,3H3;3-6H,2H2,1H3;1-2H3. The van der Waals surface area contributed by atoms with Crippen molar-refractivity contribution in [3.05, 3.63) is 72.6 Å². The van der Waals surface area contributed by atoms with Gasteiger partial charge in [0.25, 0.3) is 0 Å². The predicted octanol–water partition coefficient (Wildman–Crippen LogP) is 7.87. The van der Waals surface area contributed by atoms with Gasteiger partial charge in [0.1, 0.15) is 0 Å². The molecule has 1 N–H and O–H groups in total. The van der Waals surface area contributed by atoms with Gasteiger partial charge in [0, 0.05) is 28.4 Å². The van der Waals surface area contributed by atoms with Crippen LogP contribution >= 0.6 is 11.8 Å². The molecule has 0 amide bonds. The van der Waals surface area contributed by atoms with E-state index in [0.29, 0.717) is 0 Å². The van der Waals surface area contributed by atoms with Crippen LogP contribution in [-0.2, 0) is 0 Å². The Morgan fingerprint density at radius 2 is 1.74 bits per heavy atom. The Morgan fingerprint density at radius 3 is 2.26 bits per heavy atom. The molecule has 1 heterocycles. The van der Waals surface area contributed by atoms with Crippen molar-refractivity contribution in [2.75, 3.05) is 5.75 Å². The van der Waals surface area contributed by atoms with E-state index in [1.807, 2.05) is 81.3 Å². The minimum Gasteiger partial charge on any atom is -0.366 e. The number of aromatic amines is 1. The molecule has 1 aromatic carbocycles. The fraction of sp³-hybridized carbons (Fsp3) is 0.208. The van der Waals surface area contributed by atoms with Crippen LogP contribution in [-0.4, -0.2) is 17.5 Å². The second-order valence-electron chi connectivity index (χ2n) is 5.45. The second kappa shape index (κ2) is 12.0. The third-order valence-corrected chi connectivity index (χ3v) is 4.82. The van der Waals surface area contributed by atoms with Gasteiger partial charge in [-0.15, -0.1) is 11.8 Å². The molecule has 0 spiro atoms. The van der Waals surface area contributed by atoms with Gasteiger partial charge >= 0.3 is 0 Å². The monoisotopic (exact) mass is 378 g/mol. The first kappa shape index (κ1) is 22.5. The van der Waals surface area contributed by atoms with Gasteiger partial charge in [-0.1, -0.05) is 64.3 Å². The van der Waals surface area contributed by atoms with E-state index in [2.05, 4.69) is 42.8 Å². The van der Waals surface area contributed by atoms with E-state index in [1.54, 1.807) is 0 Å². The van der Waals surface area contributed by atoms with Crippen LogP contribution in [0.15, 0.2) is 65.8 Å². The normalized spacial score (nSPS) is 9.48. The van der Waals surface area contributed by atoms with E-state index in [1.165, 1.54) is 27.1 Å². The lowest BCUT2D eigenvalue weighted by Crippen LogP contribution is -1.86. The molecular formula is C24H30N2S. The third kappa shape index (κ3) is 5.73. The highest BCUT2D eigenvalue weighted by molar-refractivity contribution is 7.99. The Labute approximate surface area is 168 Å². The fourth-order valence-electron chi connectivity index (χ4n) is 2.65. The first-order valence-corrected chi connectivity index (χ1v) is 10.2. The number of nitrogens with one attached hydrogen (secondary N) is 1. The minimum absolute atomic E-state index is 0.970. The van der Waals surface area contributed by atoms with Crippen molar-refractivity contribution in [1.82, 2.24) is 4.98 Å². The van der Waals surface area contributed by atoms with Crippen LogP contribution in [0.4, 0.5) is 5.69 Å². The van der Waals surface area contributed by atoms with Crippen molar-refractivity contribution in [3.63, 3.8) is 0 Å². The maximum atomic E-state index is 3.86. The minimum atomic E-state index is 0.970. The second-order valence-corrected chi connectivity index (χ2v) is 6.76. The van der Waals surface area contributed by atoms with E-state index < -0.39 is 0 Å². The number of thioether (sulfide) groups is 1. The van der Waals surface area contributed by atoms with Gasteiger partial charge in [0.2, 0.25) is 0 Å². The maximum absolute atomic E-state index is 3.86. The largest absolute Gasteiger partial charge is 0.366 e. The van der Waals surface area contributed by atoms with Crippen LogP contribution in [0, 0.1) is 6.92 Å². The number of aromatic nitrogens is 1. The van der Waals surface area contributed by atoms with Crippen molar-refractivity contribution in [1.29, 1.82) is 0 Å². The zero-order chi connectivity index (χ0) is 20.2. The topological polar surface area (TPSA) is 28.1 Å². The van der Waals surface area contributed by atoms with E-state index in [-0.39, 0.29) is 0 Å². The molecule has 3 heteroatoms. The molecule has 1 aromatic rings. The summed E-state index contributed by atoms with van der Waals surface area (Å²) in [6.45, 7) is 19.3. The molecule has 2 aliphatic rings. The van der Waals surface area contributed by atoms with Gasteiger partial charge in [-0.25, -0.2) is 0 Å². The molecule has 0 atom stereocenters. The Hall–Kier alpha value is -2.52. The zero-order valence-corrected chi connectivity index (χ0v) is 17.7.